The predicted molar refractivity (Wildman–Crippen MR) is 87.1 cm³/mol. The molecule has 0 spiro atoms. The van der Waals surface area contributed by atoms with Crippen molar-refractivity contribution in [1.82, 2.24) is 4.90 Å². The molecule has 1 aliphatic rings. The van der Waals surface area contributed by atoms with Crippen LogP contribution >= 0.6 is 0 Å². The Labute approximate surface area is 133 Å². The van der Waals surface area contributed by atoms with Crippen molar-refractivity contribution in [2.75, 3.05) is 33.4 Å². The zero-order valence-electron chi connectivity index (χ0n) is 13.9. The van der Waals surface area contributed by atoms with Gasteiger partial charge in [-0.25, -0.2) is 0 Å². The third-order valence-corrected chi connectivity index (χ3v) is 4.33. The van der Waals surface area contributed by atoms with Crippen LogP contribution in [0.3, 0.4) is 0 Å². The fourth-order valence-electron chi connectivity index (χ4n) is 2.86. The first-order valence-corrected chi connectivity index (χ1v) is 8.06. The van der Waals surface area contributed by atoms with E-state index in [1.54, 1.807) is 0 Å². The summed E-state index contributed by atoms with van der Waals surface area (Å²) in [5.41, 5.74) is 1.21. The van der Waals surface area contributed by atoms with E-state index in [-0.39, 0.29) is 11.3 Å². The SMILES string of the molecule is CCOc1ccc(CC(=O)N(C)CC2(C)CCOCC2)cc1. The maximum absolute atomic E-state index is 12.4. The van der Waals surface area contributed by atoms with Crippen molar-refractivity contribution in [2.24, 2.45) is 5.41 Å². The van der Waals surface area contributed by atoms with Gasteiger partial charge in [0.2, 0.25) is 5.91 Å². The first-order chi connectivity index (χ1) is 10.5. The smallest absolute Gasteiger partial charge is 0.226 e. The number of likely N-dealkylation sites (N-methyl/N-ethyl adjacent to an activating group) is 1. The van der Waals surface area contributed by atoms with Crippen molar-refractivity contribution in [2.45, 2.75) is 33.1 Å². The van der Waals surface area contributed by atoms with Crippen molar-refractivity contribution >= 4 is 5.91 Å². The highest BCUT2D eigenvalue weighted by atomic mass is 16.5. The van der Waals surface area contributed by atoms with Crippen molar-refractivity contribution in [3.63, 3.8) is 0 Å². The average Bonchev–Trinajstić information content (AvgIpc) is 2.49. The molecule has 0 atom stereocenters. The Bertz CT molecular complexity index is 478. The van der Waals surface area contributed by atoms with Crippen LogP contribution in [0.1, 0.15) is 32.3 Å². The summed E-state index contributed by atoms with van der Waals surface area (Å²) in [6.07, 6.45) is 2.48. The molecule has 2 rings (SSSR count). The summed E-state index contributed by atoms with van der Waals surface area (Å²) in [6.45, 7) is 7.27. The standard InChI is InChI=1S/C18H27NO3/c1-4-22-16-7-5-15(6-8-16)13-17(20)19(3)14-18(2)9-11-21-12-10-18/h5-8H,4,9-14H2,1-3H3. The monoisotopic (exact) mass is 305 g/mol. The van der Waals surface area contributed by atoms with Crippen LogP contribution in [0.15, 0.2) is 24.3 Å². The quantitative estimate of drug-likeness (QED) is 0.811. The summed E-state index contributed by atoms with van der Waals surface area (Å²) >= 11 is 0. The van der Waals surface area contributed by atoms with Gasteiger partial charge in [-0.15, -0.1) is 0 Å². The van der Waals surface area contributed by atoms with Gasteiger partial charge in [0.1, 0.15) is 5.75 Å². The zero-order valence-corrected chi connectivity index (χ0v) is 13.9. The van der Waals surface area contributed by atoms with Gasteiger partial charge in [0.25, 0.3) is 0 Å². The molecule has 4 heteroatoms. The second-order valence-electron chi connectivity index (χ2n) is 6.43. The first-order valence-electron chi connectivity index (χ1n) is 8.06. The second-order valence-corrected chi connectivity index (χ2v) is 6.43. The molecule has 0 aromatic heterocycles. The van der Waals surface area contributed by atoms with Crippen molar-refractivity contribution in [3.8, 4) is 5.75 Å². The van der Waals surface area contributed by atoms with E-state index in [0.29, 0.717) is 13.0 Å². The number of hydrogen-bond acceptors (Lipinski definition) is 3. The molecule has 1 aromatic rings. The number of benzene rings is 1. The summed E-state index contributed by atoms with van der Waals surface area (Å²) in [5.74, 6) is 1.01. The first kappa shape index (κ1) is 16.8. The average molecular weight is 305 g/mol. The summed E-state index contributed by atoms with van der Waals surface area (Å²) in [5, 5.41) is 0. The molecule has 1 amide bonds. The van der Waals surface area contributed by atoms with Crippen LogP contribution < -0.4 is 4.74 Å². The molecule has 0 unspecified atom stereocenters. The minimum atomic E-state index is 0.164. The van der Waals surface area contributed by atoms with Crippen LogP contribution in [0.25, 0.3) is 0 Å². The molecule has 0 bridgehead atoms. The topological polar surface area (TPSA) is 38.8 Å². The fourth-order valence-corrected chi connectivity index (χ4v) is 2.86. The van der Waals surface area contributed by atoms with Crippen LogP contribution in [0.5, 0.6) is 5.75 Å². The van der Waals surface area contributed by atoms with Crippen molar-refractivity contribution < 1.29 is 14.3 Å². The van der Waals surface area contributed by atoms with Crippen molar-refractivity contribution in [1.29, 1.82) is 0 Å². The van der Waals surface area contributed by atoms with Crippen LogP contribution in [0.2, 0.25) is 0 Å². The highest BCUT2D eigenvalue weighted by molar-refractivity contribution is 5.78. The van der Waals surface area contributed by atoms with Gasteiger partial charge in [0.15, 0.2) is 0 Å². The van der Waals surface area contributed by atoms with Gasteiger partial charge in [0.05, 0.1) is 13.0 Å². The molecule has 1 saturated heterocycles. The Morgan fingerprint density at radius 3 is 2.50 bits per heavy atom. The molecule has 0 N–H and O–H groups in total. The summed E-state index contributed by atoms with van der Waals surface area (Å²) in [4.78, 5) is 14.3. The Balaban J connectivity index is 1.87. The van der Waals surface area contributed by atoms with E-state index in [9.17, 15) is 4.79 Å². The highest BCUT2D eigenvalue weighted by Crippen LogP contribution is 2.30. The lowest BCUT2D eigenvalue weighted by molar-refractivity contribution is -0.131. The number of hydrogen-bond donors (Lipinski definition) is 0. The van der Waals surface area contributed by atoms with Crippen LogP contribution in [0, 0.1) is 5.41 Å². The molecule has 0 aliphatic carbocycles. The molecule has 22 heavy (non-hydrogen) atoms. The molecule has 1 fully saturated rings. The number of ether oxygens (including phenoxy) is 2. The molecule has 1 aliphatic heterocycles. The van der Waals surface area contributed by atoms with Gasteiger partial charge in [-0.05, 0) is 42.9 Å². The largest absolute Gasteiger partial charge is 0.494 e. The van der Waals surface area contributed by atoms with E-state index >= 15 is 0 Å². The van der Waals surface area contributed by atoms with Crippen LogP contribution in [0.4, 0.5) is 0 Å². The van der Waals surface area contributed by atoms with Gasteiger partial charge in [-0.3, -0.25) is 4.79 Å². The molecule has 0 radical (unpaired) electrons. The Morgan fingerprint density at radius 1 is 1.27 bits per heavy atom. The second kappa shape index (κ2) is 7.63. The molecular weight excluding hydrogens is 278 g/mol. The third-order valence-electron chi connectivity index (χ3n) is 4.33. The number of nitrogens with zero attached hydrogens (tertiary/aromatic N) is 1. The molecular formula is C18H27NO3. The summed E-state index contributed by atoms with van der Waals surface area (Å²) < 4.78 is 10.8. The lowest BCUT2D eigenvalue weighted by atomic mass is 9.82. The van der Waals surface area contributed by atoms with Gasteiger partial charge >= 0.3 is 0 Å². The van der Waals surface area contributed by atoms with Gasteiger partial charge in [0, 0.05) is 26.8 Å². The maximum Gasteiger partial charge on any atom is 0.226 e. The van der Waals surface area contributed by atoms with E-state index in [0.717, 1.165) is 43.9 Å². The van der Waals surface area contributed by atoms with Crippen LogP contribution in [-0.4, -0.2) is 44.2 Å². The van der Waals surface area contributed by atoms with E-state index in [1.165, 1.54) is 0 Å². The molecule has 4 nitrogen and oxygen atoms in total. The Kier molecular flexibility index (Phi) is 5.83. The minimum Gasteiger partial charge on any atom is -0.494 e. The van der Waals surface area contributed by atoms with E-state index in [1.807, 2.05) is 43.1 Å². The fraction of sp³-hybridized carbons (Fsp3) is 0.611. The number of carbonyl (C=O) groups is 1. The molecule has 0 saturated carbocycles. The third kappa shape index (κ3) is 4.73. The van der Waals surface area contributed by atoms with E-state index in [4.69, 9.17) is 9.47 Å². The highest BCUT2D eigenvalue weighted by Gasteiger charge is 2.29. The number of carbonyl (C=O) groups excluding carboxylic acids is 1. The van der Waals surface area contributed by atoms with Gasteiger partial charge in [-0.1, -0.05) is 19.1 Å². The predicted octanol–water partition coefficient (Wildman–Crippen LogP) is 2.90. The minimum absolute atomic E-state index is 0.164. The van der Waals surface area contributed by atoms with Gasteiger partial charge in [-0.2, -0.15) is 0 Å². The molecule has 1 heterocycles. The molecule has 122 valence electrons. The van der Waals surface area contributed by atoms with Crippen molar-refractivity contribution in [3.05, 3.63) is 29.8 Å². The zero-order chi connectivity index (χ0) is 16.0. The summed E-state index contributed by atoms with van der Waals surface area (Å²) in [7, 11) is 1.90. The Morgan fingerprint density at radius 2 is 1.91 bits per heavy atom. The molecule has 1 aromatic carbocycles. The van der Waals surface area contributed by atoms with E-state index < -0.39 is 0 Å². The Hall–Kier alpha value is -1.55. The summed E-state index contributed by atoms with van der Waals surface area (Å²) in [6, 6.07) is 7.78. The van der Waals surface area contributed by atoms with Gasteiger partial charge < -0.3 is 14.4 Å². The normalized spacial score (nSPS) is 17.0. The lowest BCUT2D eigenvalue weighted by Gasteiger charge is -2.36. The van der Waals surface area contributed by atoms with Crippen LogP contribution in [-0.2, 0) is 16.0 Å². The number of amides is 1. The lowest BCUT2D eigenvalue weighted by Crippen LogP contribution is -2.41. The maximum atomic E-state index is 12.4. The van der Waals surface area contributed by atoms with E-state index in [2.05, 4.69) is 6.92 Å². The number of rotatable bonds is 6.